The van der Waals surface area contributed by atoms with Crippen molar-refractivity contribution < 1.29 is 8.42 Å². The Hall–Kier alpha value is -0.100. The molecule has 0 saturated heterocycles. The number of rotatable bonds is 6. The first kappa shape index (κ1) is 12.9. The van der Waals surface area contributed by atoms with Crippen molar-refractivity contribution in [3.8, 4) is 0 Å². The van der Waals surface area contributed by atoms with Gasteiger partial charge in [0.25, 0.3) is 10.2 Å². The molecule has 0 unspecified atom stereocenters. The van der Waals surface area contributed by atoms with Gasteiger partial charge in [-0.3, -0.25) is 0 Å². The fourth-order valence-electron chi connectivity index (χ4n) is 0.501. The summed E-state index contributed by atoms with van der Waals surface area (Å²) in [7, 11) is -3.42. The molecule has 2 N–H and O–H groups in total. The highest BCUT2D eigenvalue weighted by atomic mass is 35.5. The summed E-state index contributed by atoms with van der Waals surface area (Å²) < 4.78 is 26.9. The van der Waals surface area contributed by atoms with Crippen molar-refractivity contribution in [1.29, 1.82) is 0 Å². The summed E-state index contributed by atoms with van der Waals surface area (Å²) in [6.07, 6.45) is 0. The first-order chi connectivity index (χ1) is 5.83. The zero-order valence-corrected chi connectivity index (χ0v) is 9.37. The predicted octanol–water partition coefficient (Wildman–Crippen LogP) is 0.819. The van der Waals surface area contributed by atoms with Gasteiger partial charge < -0.3 is 0 Å². The molecule has 0 atom stereocenters. The summed E-state index contributed by atoms with van der Waals surface area (Å²) in [6.45, 7) is 7.66. The van der Waals surface area contributed by atoms with E-state index in [-0.39, 0.29) is 17.5 Å². The van der Waals surface area contributed by atoms with Gasteiger partial charge in [0, 0.05) is 18.1 Å². The molecule has 0 rings (SSSR count). The van der Waals surface area contributed by atoms with Crippen molar-refractivity contribution in [3.05, 3.63) is 11.6 Å². The minimum Gasteiger partial charge on any atom is -0.202 e. The zero-order chi connectivity index (χ0) is 10.5. The van der Waals surface area contributed by atoms with Crippen LogP contribution in [0.1, 0.15) is 13.8 Å². The van der Waals surface area contributed by atoms with Crippen molar-refractivity contribution in [2.24, 2.45) is 5.92 Å². The maximum atomic E-state index is 11.1. The lowest BCUT2D eigenvalue weighted by molar-refractivity contribution is 0.550. The first-order valence-corrected chi connectivity index (χ1v) is 5.77. The molecule has 13 heavy (non-hydrogen) atoms. The van der Waals surface area contributed by atoms with Gasteiger partial charge >= 0.3 is 0 Å². The Kier molecular flexibility index (Phi) is 5.55. The van der Waals surface area contributed by atoms with E-state index in [0.717, 1.165) is 0 Å². The van der Waals surface area contributed by atoms with Gasteiger partial charge in [-0.15, -0.1) is 0 Å². The van der Waals surface area contributed by atoms with Crippen molar-refractivity contribution >= 4 is 21.8 Å². The Balaban J connectivity index is 3.88. The molecule has 0 spiro atoms. The normalized spacial score (nSPS) is 12.0. The molecule has 0 aromatic rings. The summed E-state index contributed by atoms with van der Waals surface area (Å²) in [6, 6.07) is 0. The maximum Gasteiger partial charge on any atom is 0.277 e. The van der Waals surface area contributed by atoms with E-state index in [0.29, 0.717) is 6.54 Å². The molecule has 0 bridgehead atoms. The SMILES string of the molecule is C=C(Cl)CNS(=O)(=O)NCC(C)C. The van der Waals surface area contributed by atoms with Crippen molar-refractivity contribution in [3.63, 3.8) is 0 Å². The molecule has 78 valence electrons. The fourth-order valence-corrected chi connectivity index (χ4v) is 1.67. The summed E-state index contributed by atoms with van der Waals surface area (Å²) in [5.41, 5.74) is 0. The van der Waals surface area contributed by atoms with Crippen LogP contribution in [0.4, 0.5) is 0 Å². The zero-order valence-electron chi connectivity index (χ0n) is 7.80. The molecule has 0 saturated carbocycles. The van der Waals surface area contributed by atoms with Crippen LogP contribution < -0.4 is 9.44 Å². The van der Waals surface area contributed by atoms with Crippen LogP contribution in [0.5, 0.6) is 0 Å². The van der Waals surface area contributed by atoms with E-state index in [9.17, 15) is 8.42 Å². The first-order valence-electron chi connectivity index (χ1n) is 3.91. The van der Waals surface area contributed by atoms with Crippen LogP contribution in [0.2, 0.25) is 0 Å². The average molecular weight is 227 g/mol. The molecular weight excluding hydrogens is 212 g/mol. The molecular formula is C7H15ClN2O2S. The Morgan fingerprint density at radius 1 is 1.46 bits per heavy atom. The Morgan fingerprint density at radius 2 is 2.00 bits per heavy atom. The molecule has 0 aliphatic rings. The minimum atomic E-state index is -3.42. The second kappa shape index (κ2) is 5.59. The molecule has 0 aliphatic carbocycles. The summed E-state index contributed by atoms with van der Waals surface area (Å²) >= 11 is 5.40. The monoisotopic (exact) mass is 226 g/mol. The van der Waals surface area contributed by atoms with Crippen LogP contribution >= 0.6 is 11.6 Å². The summed E-state index contributed by atoms with van der Waals surface area (Å²) in [5.74, 6) is 0.274. The topological polar surface area (TPSA) is 58.2 Å². The van der Waals surface area contributed by atoms with Gasteiger partial charge in [0.1, 0.15) is 0 Å². The molecule has 0 aromatic heterocycles. The van der Waals surface area contributed by atoms with Crippen molar-refractivity contribution in [2.45, 2.75) is 13.8 Å². The van der Waals surface area contributed by atoms with Gasteiger partial charge in [0.05, 0.1) is 0 Å². The Bertz CT molecular complexity index is 262. The van der Waals surface area contributed by atoms with Crippen molar-refractivity contribution in [1.82, 2.24) is 9.44 Å². The smallest absolute Gasteiger partial charge is 0.202 e. The third-order valence-corrected chi connectivity index (χ3v) is 2.34. The van der Waals surface area contributed by atoms with Gasteiger partial charge in [0.15, 0.2) is 0 Å². The van der Waals surface area contributed by atoms with E-state index < -0.39 is 10.2 Å². The third kappa shape index (κ3) is 8.24. The second-order valence-corrected chi connectivity index (χ2v) is 5.20. The van der Waals surface area contributed by atoms with Crippen LogP contribution in [0.3, 0.4) is 0 Å². The third-order valence-electron chi connectivity index (χ3n) is 1.14. The summed E-state index contributed by atoms with van der Waals surface area (Å²) in [4.78, 5) is 0. The van der Waals surface area contributed by atoms with Crippen LogP contribution in [-0.2, 0) is 10.2 Å². The highest BCUT2D eigenvalue weighted by Crippen LogP contribution is 1.94. The minimum absolute atomic E-state index is 0.0506. The number of nitrogens with one attached hydrogen (secondary N) is 2. The molecule has 6 heteroatoms. The van der Waals surface area contributed by atoms with Gasteiger partial charge in [-0.1, -0.05) is 32.0 Å². The highest BCUT2D eigenvalue weighted by molar-refractivity contribution is 7.87. The van der Waals surface area contributed by atoms with Gasteiger partial charge in [-0.2, -0.15) is 13.1 Å². The molecule has 0 radical (unpaired) electrons. The lowest BCUT2D eigenvalue weighted by atomic mass is 10.2. The molecule has 0 aliphatic heterocycles. The largest absolute Gasteiger partial charge is 0.277 e. The maximum absolute atomic E-state index is 11.1. The van der Waals surface area contributed by atoms with Crippen LogP contribution in [0.25, 0.3) is 0 Å². The predicted molar refractivity (Wildman–Crippen MR) is 54.8 cm³/mol. The van der Waals surface area contributed by atoms with Gasteiger partial charge in [0.2, 0.25) is 0 Å². The van der Waals surface area contributed by atoms with Gasteiger partial charge in [-0.25, -0.2) is 4.72 Å². The lowest BCUT2D eigenvalue weighted by Crippen LogP contribution is -2.38. The lowest BCUT2D eigenvalue weighted by Gasteiger charge is -2.08. The second-order valence-electron chi connectivity index (χ2n) is 3.08. The van der Waals surface area contributed by atoms with E-state index in [4.69, 9.17) is 11.6 Å². The van der Waals surface area contributed by atoms with Crippen molar-refractivity contribution in [2.75, 3.05) is 13.1 Å². The number of halogens is 1. The average Bonchev–Trinajstić information content (AvgIpc) is 1.98. The Labute approximate surface area is 84.5 Å². The standard InChI is InChI=1S/C7H15ClN2O2S/c1-6(2)4-9-13(11,12)10-5-7(3)8/h6,9-10H,3-5H2,1-2H3. The number of hydrogen-bond donors (Lipinski definition) is 2. The van der Waals surface area contributed by atoms with Crippen LogP contribution in [-0.4, -0.2) is 21.5 Å². The quantitative estimate of drug-likeness (QED) is 0.705. The molecule has 0 heterocycles. The van der Waals surface area contributed by atoms with E-state index in [1.165, 1.54) is 0 Å². The van der Waals surface area contributed by atoms with E-state index >= 15 is 0 Å². The number of hydrogen-bond acceptors (Lipinski definition) is 2. The summed E-state index contributed by atoms with van der Waals surface area (Å²) in [5, 5.41) is 0.259. The van der Waals surface area contributed by atoms with E-state index in [2.05, 4.69) is 16.0 Å². The highest BCUT2D eigenvalue weighted by Gasteiger charge is 2.08. The molecule has 0 fully saturated rings. The van der Waals surface area contributed by atoms with Gasteiger partial charge in [-0.05, 0) is 5.92 Å². The van der Waals surface area contributed by atoms with E-state index in [1.807, 2.05) is 13.8 Å². The molecule has 4 nitrogen and oxygen atoms in total. The van der Waals surface area contributed by atoms with Crippen LogP contribution in [0.15, 0.2) is 11.6 Å². The molecule has 0 amide bonds. The Morgan fingerprint density at radius 3 is 2.38 bits per heavy atom. The fraction of sp³-hybridized carbons (Fsp3) is 0.714. The molecule has 0 aromatic carbocycles. The van der Waals surface area contributed by atoms with Crippen LogP contribution in [0, 0.1) is 5.92 Å². The van der Waals surface area contributed by atoms with E-state index in [1.54, 1.807) is 0 Å².